The summed E-state index contributed by atoms with van der Waals surface area (Å²) in [5.74, 6) is -0.146. The summed E-state index contributed by atoms with van der Waals surface area (Å²) < 4.78 is 16.1. The molecule has 0 atom stereocenters. The van der Waals surface area contributed by atoms with Crippen LogP contribution in [0.25, 0.3) is 21.9 Å². The lowest BCUT2D eigenvalue weighted by atomic mass is 10.0. The summed E-state index contributed by atoms with van der Waals surface area (Å²) in [6.45, 7) is 4.27. The summed E-state index contributed by atoms with van der Waals surface area (Å²) in [4.78, 5) is 21.3. The van der Waals surface area contributed by atoms with Crippen molar-refractivity contribution < 1.29 is 9.18 Å². The summed E-state index contributed by atoms with van der Waals surface area (Å²) in [6.07, 6.45) is 5.36. The van der Waals surface area contributed by atoms with Gasteiger partial charge in [0.2, 0.25) is 0 Å². The van der Waals surface area contributed by atoms with Gasteiger partial charge in [-0.05, 0) is 30.6 Å². The molecule has 1 aromatic carbocycles. The third-order valence-electron chi connectivity index (χ3n) is 5.25. The number of carbonyl (C=O) groups excluding carboxylic acids is 1. The highest BCUT2D eigenvalue weighted by Crippen LogP contribution is 2.27. The number of likely N-dealkylation sites (N-methyl/N-ethyl adjacent to an activating group) is 1. The van der Waals surface area contributed by atoms with E-state index in [9.17, 15) is 9.18 Å². The number of nitrogens with zero attached hydrogens (tertiary/aromatic N) is 5. The molecule has 1 aliphatic rings. The average Bonchev–Trinajstić information content (AvgIpc) is 3.09. The molecule has 1 aliphatic heterocycles. The van der Waals surface area contributed by atoms with Gasteiger partial charge in [0.25, 0.3) is 0 Å². The summed E-state index contributed by atoms with van der Waals surface area (Å²) >= 11 is 0. The van der Waals surface area contributed by atoms with Crippen LogP contribution in [0.5, 0.6) is 0 Å². The van der Waals surface area contributed by atoms with Gasteiger partial charge in [-0.2, -0.15) is 5.10 Å². The van der Waals surface area contributed by atoms with Crippen molar-refractivity contribution in [2.75, 3.05) is 39.8 Å². The first kappa shape index (κ1) is 18.7. The van der Waals surface area contributed by atoms with Crippen LogP contribution < -0.4 is 0 Å². The first-order valence-corrected chi connectivity index (χ1v) is 9.48. The molecule has 1 saturated heterocycles. The monoisotopic (exact) mass is 381 g/mol. The van der Waals surface area contributed by atoms with E-state index in [2.05, 4.69) is 26.9 Å². The van der Waals surface area contributed by atoms with Crippen LogP contribution in [0.2, 0.25) is 0 Å². The number of pyridine rings is 1. The van der Waals surface area contributed by atoms with Crippen molar-refractivity contribution in [1.82, 2.24) is 24.6 Å². The minimum absolute atomic E-state index is 0.158. The summed E-state index contributed by atoms with van der Waals surface area (Å²) in [7, 11) is 3.90. The van der Waals surface area contributed by atoms with E-state index in [-0.39, 0.29) is 11.6 Å². The molecule has 6 nitrogen and oxygen atoms in total. The predicted molar refractivity (Wildman–Crippen MR) is 107 cm³/mol. The summed E-state index contributed by atoms with van der Waals surface area (Å²) in [6, 6.07) is 5.18. The lowest BCUT2D eigenvalue weighted by molar-refractivity contribution is -0.120. The minimum atomic E-state index is -0.304. The Balaban J connectivity index is 1.52. The lowest BCUT2D eigenvalue weighted by Gasteiger charge is -2.31. The van der Waals surface area contributed by atoms with Crippen molar-refractivity contribution in [3.8, 4) is 11.1 Å². The standard InChI is InChI=1S/C21H24FN5O/c1-25-3-5-27(6-4-25)14-19(28)10-18-7-15-8-20(17-12-24-26(2)13-17)21(22)9-16(15)11-23-18/h7-9,11-13H,3-6,10,14H2,1-2H3. The van der Waals surface area contributed by atoms with Gasteiger partial charge >= 0.3 is 0 Å². The molecular formula is C21H24FN5O. The molecule has 3 aromatic rings. The Hall–Kier alpha value is -2.64. The van der Waals surface area contributed by atoms with Gasteiger partial charge in [0, 0.05) is 67.8 Å². The van der Waals surface area contributed by atoms with Gasteiger partial charge < -0.3 is 4.90 Å². The van der Waals surface area contributed by atoms with Gasteiger partial charge in [0.05, 0.1) is 19.2 Å². The molecule has 0 aliphatic carbocycles. The van der Waals surface area contributed by atoms with Gasteiger partial charge in [-0.1, -0.05) is 0 Å². The van der Waals surface area contributed by atoms with Crippen molar-refractivity contribution in [2.45, 2.75) is 6.42 Å². The number of hydrogen-bond donors (Lipinski definition) is 0. The number of aromatic nitrogens is 3. The number of aryl methyl sites for hydroxylation is 1. The van der Waals surface area contributed by atoms with Crippen molar-refractivity contribution in [3.63, 3.8) is 0 Å². The average molecular weight is 381 g/mol. The molecule has 0 saturated carbocycles. The first-order chi connectivity index (χ1) is 13.5. The zero-order chi connectivity index (χ0) is 19.7. The van der Waals surface area contributed by atoms with E-state index >= 15 is 0 Å². The van der Waals surface area contributed by atoms with Crippen LogP contribution in [0.3, 0.4) is 0 Å². The maximum atomic E-state index is 14.5. The van der Waals surface area contributed by atoms with Crippen molar-refractivity contribution in [2.24, 2.45) is 7.05 Å². The number of benzene rings is 1. The Kier molecular flexibility index (Phi) is 5.19. The number of piperazine rings is 1. The van der Waals surface area contributed by atoms with Gasteiger partial charge in [0.1, 0.15) is 5.82 Å². The van der Waals surface area contributed by atoms with Gasteiger partial charge in [-0.3, -0.25) is 19.4 Å². The highest BCUT2D eigenvalue weighted by Gasteiger charge is 2.17. The Morgan fingerprint density at radius 2 is 1.86 bits per heavy atom. The minimum Gasteiger partial charge on any atom is -0.304 e. The van der Waals surface area contributed by atoms with Crippen LogP contribution in [-0.2, 0) is 18.3 Å². The molecule has 2 aromatic heterocycles. The number of rotatable bonds is 5. The molecule has 3 heterocycles. The highest BCUT2D eigenvalue weighted by atomic mass is 19.1. The Morgan fingerprint density at radius 3 is 2.57 bits per heavy atom. The molecule has 0 N–H and O–H groups in total. The van der Waals surface area contributed by atoms with E-state index in [0.29, 0.717) is 18.5 Å². The molecule has 146 valence electrons. The summed E-state index contributed by atoms with van der Waals surface area (Å²) in [5.41, 5.74) is 1.95. The van der Waals surface area contributed by atoms with Crippen LogP contribution >= 0.6 is 0 Å². The van der Waals surface area contributed by atoms with E-state index in [4.69, 9.17) is 0 Å². The molecule has 0 amide bonds. The SMILES string of the molecule is CN1CCN(CC(=O)Cc2cc3cc(-c4cnn(C)c4)c(F)cc3cn2)CC1. The van der Waals surface area contributed by atoms with Gasteiger partial charge in [-0.25, -0.2) is 4.39 Å². The maximum Gasteiger partial charge on any atom is 0.152 e. The molecule has 0 bridgehead atoms. The lowest BCUT2D eigenvalue weighted by Crippen LogP contribution is -2.46. The molecule has 7 heteroatoms. The topological polar surface area (TPSA) is 54.3 Å². The fourth-order valence-electron chi connectivity index (χ4n) is 3.60. The largest absolute Gasteiger partial charge is 0.304 e. The number of fused-ring (bicyclic) bond motifs is 1. The third kappa shape index (κ3) is 4.10. The predicted octanol–water partition coefficient (Wildman–Crippen LogP) is 2.13. The van der Waals surface area contributed by atoms with E-state index < -0.39 is 0 Å². The number of Topliss-reactive ketones (excluding diaryl/α,β-unsaturated/α-hetero) is 1. The van der Waals surface area contributed by atoms with Crippen molar-refractivity contribution >= 4 is 16.6 Å². The quantitative estimate of drug-likeness (QED) is 0.678. The second-order valence-corrected chi connectivity index (χ2v) is 7.55. The van der Waals surface area contributed by atoms with E-state index in [1.807, 2.05) is 6.07 Å². The normalized spacial score (nSPS) is 16.0. The number of hydrogen-bond acceptors (Lipinski definition) is 5. The Bertz CT molecular complexity index is 1010. The van der Waals surface area contributed by atoms with Crippen LogP contribution in [0.15, 0.2) is 36.8 Å². The van der Waals surface area contributed by atoms with Crippen LogP contribution in [0.4, 0.5) is 4.39 Å². The second-order valence-electron chi connectivity index (χ2n) is 7.55. The number of halogens is 1. The van der Waals surface area contributed by atoms with Crippen LogP contribution in [0.1, 0.15) is 5.69 Å². The first-order valence-electron chi connectivity index (χ1n) is 9.48. The smallest absolute Gasteiger partial charge is 0.152 e. The molecule has 28 heavy (non-hydrogen) atoms. The fraction of sp³-hybridized carbons (Fsp3) is 0.381. The van der Waals surface area contributed by atoms with Gasteiger partial charge in [-0.15, -0.1) is 0 Å². The molecular weight excluding hydrogens is 357 g/mol. The summed E-state index contributed by atoms with van der Waals surface area (Å²) in [5, 5.41) is 5.71. The van der Waals surface area contributed by atoms with E-state index in [1.54, 1.807) is 36.4 Å². The molecule has 0 radical (unpaired) electrons. The Morgan fingerprint density at radius 1 is 1.07 bits per heavy atom. The van der Waals surface area contributed by atoms with Crippen molar-refractivity contribution in [1.29, 1.82) is 0 Å². The van der Waals surface area contributed by atoms with Crippen LogP contribution in [-0.4, -0.2) is 70.1 Å². The second kappa shape index (κ2) is 7.77. The zero-order valence-corrected chi connectivity index (χ0v) is 16.2. The van der Waals surface area contributed by atoms with Gasteiger partial charge in [0.15, 0.2) is 5.78 Å². The number of ketones is 1. The molecule has 0 spiro atoms. The number of carbonyl (C=O) groups is 1. The zero-order valence-electron chi connectivity index (χ0n) is 16.2. The highest BCUT2D eigenvalue weighted by molar-refractivity contribution is 5.88. The van der Waals surface area contributed by atoms with Crippen molar-refractivity contribution in [3.05, 3.63) is 48.3 Å². The van der Waals surface area contributed by atoms with E-state index in [0.717, 1.165) is 48.2 Å². The fourth-order valence-corrected chi connectivity index (χ4v) is 3.60. The molecule has 4 rings (SSSR count). The molecule has 1 fully saturated rings. The maximum absolute atomic E-state index is 14.5. The van der Waals surface area contributed by atoms with Crippen LogP contribution in [0, 0.1) is 5.82 Å². The molecule has 0 unspecified atom stereocenters. The third-order valence-corrected chi connectivity index (χ3v) is 5.25. The van der Waals surface area contributed by atoms with E-state index in [1.165, 1.54) is 6.07 Å². The Labute approximate surface area is 163 Å².